The lowest BCUT2D eigenvalue weighted by atomic mass is 10.1. The van der Waals surface area contributed by atoms with Crippen LogP contribution in [0.3, 0.4) is 0 Å². The van der Waals surface area contributed by atoms with Crippen molar-refractivity contribution in [2.45, 2.75) is 33.7 Å². The second kappa shape index (κ2) is 8.92. The van der Waals surface area contributed by atoms with Gasteiger partial charge in [-0.2, -0.15) is 0 Å². The van der Waals surface area contributed by atoms with Gasteiger partial charge in [0.15, 0.2) is 0 Å². The van der Waals surface area contributed by atoms with E-state index in [-0.39, 0.29) is 12.5 Å². The van der Waals surface area contributed by atoms with Gasteiger partial charge in [0.05, 0.1) is 18.0 Å². The van der Waals surface area contributed by atoms with Gasteiger partial charge in [-0.05, 0) is 55.5 Å². The highest BCUT2D eigenvalue weighted by Gasteiger charge is 2.16. The highest BCUT2D eigenvalue weighted by atomic mass is 32.1. The van der Waals surface area contributed by atoms with Crippen LogP contribution in [-0.4, -0.2) is 34.1 Å². The quantitative estimate of drug-likeness (QED) is 0.628. The Labute approximate surface area is 163 Å². The van der Waals surface area contributed by atoms with E-state index < -0.39 is 0 Å². The molecule has 142 valence electrons. The Morgan fingerprint density at radius 3 is 2.81 bits per heavy atom. The van der Waals surface area contributed by atoms with Crippen molar-refractivity contribution in [3.8, 4) is 10.8 Å². The van der Waals surface area contributed by atoms with Gasteiger partial charge in [0, 0.05) is 5.69 Å². The number of rotatable bonds is 8. The molecule has 2 aromatic heterocycles. The maximum atomic E-state index is 12.5. The van der Waals surface area contributed by atoms with Gasteiger partial charge in [-0.15, -0.1) is 21.5 Å². The topological polar surface area (TPSA) is 71.3 Å². The lowest BCUT2D eigenvalue weighted by Crippen LogP contribution is -2.33. The fourth-order valence-corrected chi connectivity index (χ4v) is 3.46. The van der Waals surface area contributed by atoms with Crippen molar-refractivity contribution in [3.05, 3.63) is 52.7 Å². The fraction of sp³-hybridized carbons (Fsp3) is 0.350. The number of nitrogens with zero attached hydrogens (tertiary/aromatic N) is 3. The summed E-state index contributed by atoms with van der Waals surface area (Å²) in [5.74, 6) is 0.998. The number of anilines is 1. The van der Waals surface area contributed by atoms with E-state index in [9.17, 15) is 4.79 Å². The van der Waals surface area contributed by atoms with Gasteiger partial charge in [-0.25, -0.2) is 0 Å². The Kier molecular flexibility index (Phi) is 6.36. The van der Waals surface area contributed by atoms with E-state index in [0.29, 0.717) is 18.3 Å². The largest absolute Gasteiger partial charge is 0.419 e. The third-order valence-electron chi connectivity index (χ3n) is 4.34. The smallest absolute Gasteiger partial charge is 0.257 e. The molecule has 0 fully saturated rings. The minimum atomic E-state index is -0.0462. The number of hydrogen-bond acceptors (Lipinski definition) is 6. The van der Waals surface area contributed by atoms with Crippen LogP contribution in [0, 0.1) is 13.8 Å². The molecule has 1 aromatic carbocycles. The third kappa shape index (κ3) is 5.02. The second-order valence-corrected chi connectivity index (χ2v) is 7.43. The molecule has 0 unspecified atom stereocenters. The number of aryl methyl sites for hydroxylation is 1. The van der Waals surface area contributed by atoms with Crippen LogP contribution in [0.1, 0.15) is 30.4 Å². The molecule has 2 heterocycles. The van der Waals surface area contributed by atoms with Crippen LogP contribution in [0.2, 0.25) is 0 Å². The Hall–Kier alpha value is -2.51. The number of nitrogens with one attached hydrogen (secondary N) is 1. The number of carbonyl (C=O) groups excluding carboxylic acids is 1. The first kappa shape index (κ1) is 19.3. The SMILES string of the molecule is CCCN(CC(=O)Nc1cccc(C)c1C)Cc1nnc(-c2cccs2)o1. The monoisotopic (exact) mass is 384 g/mol. The van der Waals surface area contributed by atoms with Crippen LogP contribution in [0.4, 0.5) is 5.69 Å². The van der Waals surface area contributed by atoms with Gasteiger partial charge in [0.1, 0.15) is 0 Å². The maximum absolute atomic E-state index is 12.5. The predicted octanol–water partition coefficient (Wildman–Crippen LogP) is 4.27. The van der Waals surface area contributed by atoms with Crippen molar-refractivity contribution in [1.82, 2.24) is 15.1 Å². The van der Waals surface area contributed by atoms with E-state index in [0.717, 1.165) is 34.7 Å². The van der Waals surface area contributed by atoms with Crippen molar-refractivity contribution in [3.63, 3.8) is 0 Å². The summed E-state index contributed by atoms with van der Waals surface area (Å²) >= 11 is 1.56. The molecule has 0 saturated heterocycles. The molecular formula is C20H24N4O2S. The molecule has 0 aliphatic rings. The first-order valence-electron chi connectivity index (χ1n) is 9.01. The number of benzene rings is 1. The van der Waals surface area contributed by atoms with Crippen molar-refractivity contribution < 1.29 is 9.21 Å². The van der Waals surface area contributed by atoms with E-state index in [2.05, 4.69) is 22.4 Å². The number of carbonyl (C=O) groups is 1. The molecule has 0 bridgehead atoms. The van der Waals surface area contributed by atoms with Crippen LogP contribution < -0.4 is 5.32 Å². The number of thiophene rings is 1. The Balaban J connectivity index is 1.63. The van der Waals surface area contributed by atoms with Gasteiger partial charge in [-0.1, -0.05) is 25.1 Å². The molecule has 0 saturated carbocycles. The van der Waals surface area contributed by atoms with Crippen LogP contribution in [-0.2, 0) is 11.3 Å². The van der Waals surface area contributed by atoms with E-state index in [1.54, 1.807) is 11.3 Å². The molecular weight excluding hydrogens is 360 g/mol. The Morgan fingerprint density at radius 2 is 2.07 bits per heavy atom. The zero-order valence-electron chi connectivity index (χ0n) is 15.9. The van der Waals surface area contributed by atoms with E-state index in [1.165, 1.54) is 0 Å². The molecule has 0 aliphatic heterocycles. The Bertz CT molecular complexity index is 889. The first-order chi connectivity index (χ1) is 13.1. The molecule has 0 atom stereocenters. The minimum Gasteiger partial charge on any atom is -0.419 e. The summed E-state index contributed by atoms with van der Waals surface area (Å²) < 4.78 is 5.75. The average molecular weight is 385 g/mol. The van der Waals surface area contributed by atoms with Gasteiger partial charge >= 0.3 is 0 Å². The summed E-state index contributed by atoms with van der Waals surface area (Å²) in [7, 11) is 0. The average Bonchev–Trinajstić information content (AvgIpc) is 3.30. The van der Waals surface area contributed by atoms with Crippen molar-refractivity contribution >= 4 is 22.9 Å². The van der Waals surface area contributed by atoms with Gasteiger partial charge in [0.25, 0.3) is 5.89 Å². The van der Waals surface area contributed by atoms with Crippen LogP contribution in [0.25, 0.3) is 10.8 Å². The van der Waals surface area contributed by atoms with Crippen LogP contribution in [0.5, 0.6) is 0 Å². The van der Waals surface area contributed by atoms with E-state index >= 15 is 0 Å². The molecule has 0 aliphatic carbocycles. The lowest BCUT2D eigenvalue weighted by Gasteiger charge is -2.19. The van der Waals surface area contributed by atoms with Crippen molar-refractivity contribution in [1.29, 1.82) is 0 Å². The lowest BCUT2D eigenvalue weighted by molar-refractivity contribution is -0.117. The summed E-state index contributed by atoms with van der Waals surface area (Å²) in [6, 6.07) is 9.81. The zero-order chi connectivity index (χ0) is 19.2. The molecule has 0 spiro atoms. The second-order valence-electron chi connectivity index (χ2n) is 6.48. The molecule has 6 nitrogen and oxygen atoms in total. The van der Waals surface area contributed by atoms with Gasteiger partial charge in [0.2, 0.25) is 11.8 Å². The third-order valence-corrected chi connectivity index (χ3v) is 5.20. The fourth-order valence-electron chi connectivity index (χ4n) is 2.82. The summed E-state index contributed by atoms with van der Waals surface area (Å²) in [6.07, 6.45) is 0.933. The number of amides is 1. The first-order valence-corrected chi connectivity index (χ1v) is 9.89. The maximum Gasteiger partial charge on any atom is 0.257 e. The van der Waals surface area contributed by atoms with Gasteiger partial charge in [-0.3, -0.25) is 9.69 Å². The van der Waals surface area contributed by atoms with Crippen LogP contribution >= 0.6 is 11.3 Å². The number of aromatic nitrogens is 2. The summed E-state index contributed by atoms with van der Waals surface area (Å²) in [5, 5.41) is 13.2. The standard InChI is InChI=1S/C20H24N4O2S/c1-4-10-24(12-18(25)21-16-8-5-7-14(2)15(16)3)13-19-22-23-20(26-19)17-9-6-11-27-17/h5-9,11H,4,10,12-13H2,1-3H3,(H,21,25). The van der Waals surface area contributed by atoms with Crippen LogP contribution in [0.15, 0.2) is 40.1 Å². The molecule has 27 heavy (non-hydrogen) atoms. The number of hydrogen-bond donors (Lipinski definition) is 1. The predicted molar refractivity (Wildman–Crippen MR) is 108 cm³/mol. The van der Waals surface area contributed by atoms with E-state index in [4.69, 9.17) is 4.42 Å². The summed E-state index contributed by atoms with van der Waals surface area (Å²) in [5.41, 5.74) is 3.10. The highest BCUT2D eigenvalue weighted by molar-refractivity contribution is 7.13. The molecule has 1 amide bonds. The van der Waals surface area contributed by atoms with Gasteiger partial charge < -0.3 is 9.73 Å². The molecule has 3 aromatic rings. The normalized spacial score (nSPS) is 11.1. The zero-order valence-corrected chi connectivity index (χ0v) is 16.7. The van der Waals surface area contributed by atoms with E-state index in [1.807, 2.05) is 54.5 Å². The summed E-state index contributed by atoms with van der Waals surface area (Å²) in [4.78, 5) is 15.5. The molecule has 0 radical (unpaired) electrons. The minimum absolute atomic E-state index is 0.0462. The van der Waals surface area contributed by atoms with Crippen molar-refractivity contribution in [2.75, 3.05) is 18.4 Å². The summed E-state index contributed by atoms with van der Waals surface area (Å²) in [6.45, 7) is 7.64. The molecule has 3 rings (SSSR count). The highest BCUT2D eigenvalue weighted by Crippen LogP contribution is 2.23. The van der Waals surface area contributed by atoms with Crippen molar-refractivity contribution in [2.24, 2.45) is 0 Å². The Morgan fingerprint density at radius 1 is 1.22 bits per heavy atom. The molecule has 1 N–H and O–H groups in total. The molecule has 7 heteroatoms.